The van der Waals surface area contributed by atoms with Gasteiger partial charge in [-0.15, -0.1) is 0 Å². The maximum absolute atomic E-state index is 11.6. The van der Waals surface area contributed by atoms with E-state index in [4.69, 9.17) is 23.7 Å². The van der Waals surface area contributed by atoms with Crippen LogP contribution in [0.15, 0.2) is 18.2 Å². The van der Waals surface area contributed by atoms with Gasteiger partial charge in [0.25, 0.3) is 0 Å². The molecule has 0 saturated carbocycles. The molecule has 0 fully saturated rings. The van der Waals surface area contributed by atoms with E-state index >= 15 is 0 Å². The fourth-order valence-corrected chi connectivity index (χ4v) is 2.83. The number of carboxylic acids is 1. The third kappa shape index (κ3) is 12.6. The minimum absolute atomic E-state index is 0.122. The number of ether oxygens (including phenoxy) is 5. The van der Waals surface area contributed by atoms with Crippen LogP contribution in [0.1, 0.15) is 85.0 Å². The van der Waals surface area contributed by atoms with Crippen LogP contribution in [0.2, 0.25) is 0 Å². The molecule has 0 radical (unpaired) electrons. The number of hydrogen-bond acceptors (Lipinski definition) is 6. The Kier molecular flexibility index (Phi) is 11.8. The highest BCUT2D eigenvalue weighted by atomic mass is 16.5. The molecule has 0 aromatic heterocycles. The molecule has 7 nitrogen and oxygen atoms in total. The lowest BCUT2D eigenvalue weighted by atomic mass is 10.0. The van der Waals surface area contributed by atoms with Crippen LogP contribution in [-0.4, -0.2) is 61.4 Å². The van der Waals surface area contributed by atoms with Gasteiger partial charge in [-0.3, -0.25) is 0 Å². The molecule has 0 aliphatic rings. The molecule has 1 aromatic carbocycles. The highest BCUT2D eigenvalue weighted by molar-refractivity contribution is 5.88. The first kappa shape index (κ1) is 30.2. The average molecular weight is 483 g/mol. The van der Waals surface area contributed by atoms with Gasteiger partial charge in [0, 0.05) is 32.6 Å². The summed E-state index contributed by atoms with van der Waals surface area (Å²) in [6.07, 6.45) is 2.32. The highest BCUT2D eigenvalue weighted by Gasteiger charge is 2.25. The molecule has 0 heterocycles. The molecule has 1 rings (SSSR count). The van der Waals surface area contributed by atoms with Gasteiger partial charge >= 0.3 is 5.97 Å². The minimum Gasteiger partial charge on any atom is -0.493 e. The number of carboxylic acid groups (broad SMARTS) is 1. The molecule has 0 unspecified atom stereocenters. The molecule has 196 valence electrons. The van der Waals surface area contributed by atoms with E-state index in [0.717, 1.165) is 6.42 Å². The van der Waals surface area contributed by atoms with Gasteiger partial charge in [-0.2, -0.15) is 0 Å². The lowest BCUT2D eigenvalue weighted by Crippen LogP contribution is -2.36. The summed E-state index contributed by atoms with van der Waals surface area (Å²) in [5.41, 5.74) is -0.978. The Morgan fingerprint density at radius 3 is 1.76 bits per heavy atom. The first-order chi connectivity index (χ1) is 15.6. The Bertz CT molecular complexity index is 753. The van der Waals surface area contributed by atoms with Gasteiger partial charge in [-0.1, -0.05) is 13.8 Å². The van der Waals surface area contributed by atoms with Crippen LogP contribution < -0.4 is 9.47 Å². The summed E-state index contributed by atoms with van der Waals surface area (Å²) < 4.78 is 29.1. The van der Waals surface area contributed by atoms with Crippen molar-refractivity contribution >= 4 is 5.97 Å². The second kappa shape index (κ2) is 13.3. The fraction of sp³-hybridized carbons (Fsp3) is 0.741. The van der Waals surface area contributed by atoms with E-state index in [1.165, 1.54) is 12.1 Å². The first-order valence-corrected chi connectivity index (χ1v) is 12.1. The van der Waals surface area contributed by atoms with Gasteiger partial charge in [0.05, 0.1) is 42.2 Å². The van der Waals surface area contributed by atoms with Crippen molar-refractivity contribution in [3.63, 3.8) is 0 Å². The molecule has 0 saturated heterocycles. The lowest BCUT2D eigenvalue weighted by molar-refractivity contribution is -0.111. The van der Waals surface area contributed by atoms with Crippen molar-refractivity contribution in [3.8, 4) is 11.5 Å². The van der Waals surface area contributed by atoms with Gasteiger partial charge in [-0.25, -0.2) is 4.79 Å². The number of carbonyl (C=O) groups is 1. The van der Waals surface area contributed by atoms with Crippen molar-refractivity contribution in [2.24, 2.45) is 5.92 Å². The van der Waals surface area contributed by atoms with Gasteiger partial charge in [0.2, 0.25) is 0 Å². The summed E-state index contributed by atoms with van der Waals surface area (Å²) in [6, 6.07) is 4.75. The van der Waals surface area contributed by atoms with Crippen molar-refractivity contribution in [2.45, 2.75) is 91.5 Å². The summed E-state index contributed by atoms with van der Waals surface area (Å²) in [4.78, 5) is 11.6. The van der Waals surface area contributed by atoms with Gasteiger partial charge in [0.1, 0.15) is 11.5 Å². The van der Waals surface area contributed by atoms with Gasteiger partial charge in [0.15, 0.2) is 0 Å². The quantitative estimate of drug-likeness (QED) is 0.292. The monoisotopic (exact) mass is 482 g/mol. The molecule has 1 N–H and O–H groups in total. The predicted molar refractivity (Wildman–Crippen MR) is 134 cm³/mol. The second-order valence-electron chi connectivity index (χ2n) is 11.0. The molecule has 0 atom stereocenters. The molecule has 0 aliphatic carbocycles. The Morgan fingerprint density at radius 1 is 0.824 bits per heavy atom. The van der Waals surface area contributed by atoms with Crippen molar-refractivity contribution in [1.29, 1.82) is 0 Å². The summed E-state index contributed by atoms with van der Waals surface area (Å²) in [5, 5.41) is 9.49. The zero-order valence-corrected chi connectivity index (χ0v) is 22.7. The normalized spacial score (nSPS) is 12.8. The summed E-state index contributed by atoms with van der Waals surface area (Å²) in [7, 11) is 1.66. The largest absolute Gasteiger partial charge is 0.493 e. The lowest BCUT2D eigenvalue weighted by Gasteiger charge is -2.31. The van der Waals surface area contributed by atoms with Crippen LogP contribution >= 0.6 is 0 Å². The number of aromatic carboxylic acids is 1. The summed E-state index contributed by atoms with van der Waals surface area (Å²) >= 11 is 0. The topological polar surface area (TPSA) is 83.5 Å². The van der Waals surface area contributed by atoms with Crippen molar-refractivity contribution in [2.75, 3.05) is 33.5 Å². The van der Waals surface area contributed by atoms with Crippen LogP contribution in [-0.2, 0) is 14.2 Å². The molecule has 0 amide bonds. The van der Waals surface area contributed by atoms with Crippen LogP contribution in [0.5, 0.6) is 11.5 Å². The van der Waals surface area contributed by atoms with E-state index in [9.17, 15) is 9.90 Å². The Morgan fingerprint density at radius 2 is 1.32 bits per heavy atom. The standard InChI is InChI=1S/C27H46O7/c1-20(2)10-13-33-25(3,4)11-14-31-22-16-21(24(28)29)17-23(18-22)32-15-12-26(5,6)34-19-27(7,8)30-9/h16-18,20H,10-15,19H2,1-9H3,(H,28,29). The van der Waals surface area contributed by atoms with Crippen LogP contribution in [0.4, 0.5) is 0 Å². The molecule has 0 bridgehead atoms. The third-order valence-electron chi connectivity index (χ3n) is 5.62. The minimum atomic E-state index is -1.03. The zero-order chi connectivity index (χ0) is 26.0. The maximum atomic E-state index is 11.6. The third-order valence-corrected chi connectivity index (χ3v) is 5.62. The van der Waals surface area contributed by atoms with Crippen LogP contribution in [0.3, 0.4) is 0 Å². The van der Waals surface area contributed by atoms with E-state index in [2.05, 4.69) is 13.8 Å². The van der Waals surface area contributed by atoms with Crippen molar-refractivity contribution < 1.29 is 33.6 Å². The highest BCUT2D eigenvalue weighted by Crippen LogP contribution is 2.26. The van der Waals surface area contributed by atoms with Gasteiger partial charge in [-0.05, 0) is 66.0 Å². The SMILES string of the molecule is COC(C)(C)COC(C)(C)CCOc1cc(OCCC(C)(C)OCCC(C)C)cc(C(=O)O)c1. The maximum Gasteiger partial charge on any atom is 0.335 e. The molecule has 7 heteroatoms. The Labute approximate surface area is 206 Å². The average Bonchev–Trinajstić information content (AvgIpc) is 2.71. The smallest absolute Gasteiger partial charge is 0.335 e. The first-order valence-electron chi connectivity index (χ1n) is 12.1. The van der Waals surface area contributed by atoms with Crippen molar-refractivity contribution in [1.82, 2.24) is 0 Å². The molecule has 0 aliphatic heterocycles. The zero-order valence-electron chi connectivity index (χ0n) is 22.7. The van der Waals surface area contributed by atoms with E-state index in [1.54, 1.807) is 13.2 Å². The van der Waals surface area contributed by atoms with Crippen molar-refractivity contribution in [3.05, 3.63) is 23.8 Å². The molecule has 1 aromatic rings. The predicted octanol–water partition coefficient (Wildman–Crippen LogP) is 5.98. The second-order valence-corrected chi connectivity index (χ2v) is 11.0. The number of benzene rings is 1. The molecule has 0 spiro atoms. The van der Waals surface area contributed by atoms with Crippen LogP contribution in [0, 0.1) is 5.92 Å². The Balaban J connectivity index is 2.66. The number of methoxy groups -OCH3 is 1. The van der Waals surface area contributed by atoms with Crippen LogP contribution in [0.25, 0.3) is 0 Å². The summed E-state index contributed by atoms with van der Waals surface area (Å²) in [6.45, 7) is 18.3. The molecule has 34 heavy (non-hydrogen) atoms. The van der Waals surface area contributed by atoms with E-state index in [1.807, 2.05) is 41.5 Å². The fourth-order valence-electron chi connectivity index (χ4n) is 2.83. The Hall–Kier alpha value is -1.83. The van der Waals surface area contributed by atoms with E-state index < -0.39 is 11.6 Å². The molecular weight excluding hydrogens is 436 g/mol. The number of hydrogen-bond donors (Lipinski definition) is 1. The van der Waals surface area contributed by atoms with E-state index in [0.29, 0.717) is 56.7 Å². The number of rotatable bonds is 17. The molecular formula is C27H46O7. The van der Waals surface area contributed by atoms with E-state index in [-0.39, 0.29) is 16.8 Å². The van der Waals surface area contributed by atoms with Gasteiger partial charge < -0.3 is 28.8 Å². The summed E-state index contributed by atoms with van der Waals surface area (Å²) in [5.74, 6) is 0.484.